The highest BCUT2D eigenvalue weighted by Gasteiger charge is 2.30. The van der Waals surface area contributed by atoms with Crippen molar-refractivity contribution in [1.82, 2.24) is 30.5 Å². The van der Waals surface area contributed by atoms with Crippen LogP contribution in [0.3, 0.4) is 0 Å². The fourth-order valence-electron chi connectivity index (χ4n) is 3.52. The molecule has 144 valence electrons. The molecular weight excluding hydrogens is 354 g/mol. The third-order valence-electron chi connectivity index (χ3n) is 4.92. The predicted molar refractivity (Wildman–Crippen MR) is 105 cm³/mol. The second-order valence-electron chi connectivity index (χ2n) is 6.97. The van der Waals surface area contributed by atoms with Crippen molar-refractivity contribution in [3.05, 3.63) is 66.0 Å². The van der Waals surface area contributed by atoms with E-state index in [4.69, 9.17) is 0 Å². The zero-order valence-corrected chi connectivity index (χ0v) is 15.7. The largest absolute Gasteiger partial charge is 0.342 e. The fourth-order valence-corrected chi connectivity index (χ4v) is 3.52. The minimum atomic E-state index is -0.387. The van der Waals surface area contributed by atoms with Gasteiger partial charge in [0.15, 0.2) is 5.82 Å². The molecule has 2 unspecified atom stereocenters. The van der Waals surface area contributed by atoms with Crippen LogP contribution in [0, 0.1) is 12.8 Å². The van der Waals surface area contributed by atoms with Crippen molar-refractivity contribution in [3.63, 3.8) is 0 Å². The van der Waals surface area contributed by atoms with Crippen LogP contribution in [0.1, 0.15) is 36.1 Å². The zero-order chi connectivity index (χ0) is 19.3. The lowest BCUT2D eigenvalue weighted by molar-refractivity contribution is -0.125. The Hall–Kier alpha value is -3.29. The van der Waals surface area contributed by atoms with Crippen LogP contribution in [0.25, 0.3) is 0 Å². The summed E-state index contributed by atoms with van der Waals surface area (Å²) in [5.41, 5.74) is 0.953. The van der Waals surface area contributed by atoms with Gasteiger partial charge in [0.2, 0.25) is 11.9 Å². The van der Waals surface area contributed by atoms with Gasteiger partial charge in [0.25, 0.3) is 0 Å². The van der Waals surface area contributed by atoms with Gasteiger partial charge < -0.3 is 10.2 Å². The molecule has 2 atom stereocenters. The number of carbonyl (C=O) groups excluding carboxylic acids is 1. The van der Waals surface area contributed by atoms with E-state index in [1.807, 2.05) is 37.3 Å². The quantitative estimate of drug-likeness (QED) is 0.706. The molecule has 1 aliphatic heterocycles. The van der Waals surface area contributed by atoms with Crippen LogP contribution in [0.2, 0.25) is 0 Å². The van der Waals surface area contributed by atoms with E-state index in [2.05, 4.69) is 35.4 Å². The van der Waals surface area contributed by atoms with Gasteiger partial charge in [0.05, 0.1) is 5.92 Å². The van der Waals surface area contributed by atoms with E-state index >= 15 is 0 Å². The van der Waals surface area contributed by atoms with Crippen molar-refractivity contribution >= 4 is 11.9 Å². The van der Waals surface area contributed by atoms with E-state index in [-0.39, 0.29) is 17.9 Å². The Morgan fingerprint density at radius 3 is 2.71 bits per heavy atom. The Balaban J connectivity index is 1.51. The van der Waals surface area contributed by atoms with Gasteiger partial charge in [-0.15, -0.1) is 0 Å². The summed E-state index contributed by atoms with van der Waals surface area (Å²) in [6.07, 6.45) is 5.21. The molecule has 3 aromatic rings. The van der Waals surface area contributed by atoms with Gasteiger partial charge in [-0.3, -0.25) is 9.89 Å². The van der Waals surface area contributed by atoms with Crippen LogP contribution in [-0.2, 0) is 4.79 Å². The van der Waals surface area contributed by atoms with Crippen molar-refractivity contribution in [3.8, 4) is 0 Å². The van der Waals surface area contributed by atoms with Crippen LogP contribution < -0.4 is 10.2 Å². The molecule has 3 heterocycles. The molecule has 0 saturated carbocycles. The number of H-pyrrole nitrogens is 1. The molecule has 0 spiro atoms. The first kappa shape index (κ1) is 18.1. The molecule has 1 amide bonds. The van der Waals surface area contributed by atoms with E-state index in [0.29, 0.717) is 18.3 Å². The number of aromatic nitrogens is 5. The summed E-state index contributed by atoms with van der Waals surface area (Å²) in [7, 11) is 0. The van der Waals surface area contributed by atoms with Crippen LogP contribution >= 0.6 is 0 Å². The number of aryl methyl sites for hydroxylation is 1. The summed E-state index contributed by atoms with van der Waals surface area (Å²) in [4.78, 5) is 28.2. The molecule has 8 nitrogen and oxygen atoms in total. The lowest BCUT2D eigenvalue weighted by Crippen LogP contribution is -2.44. The number of carbonyl (C=O) groups is 1. The van der Waals surface area contributed by atoms with E-state index in [9.17, 15) is 4.79 Å². The third-order valence-corrected chi connectivity index (χ3v) is 4.92. The molecule has 4 rings (SSSR count). The average molecular weight is 377 g/mol. The number of hydrogen-bond acceptors (Lipinski definition) is 6. The third kappa shape index (κ3) is 4.00. The number of hydrogen-bond donors (Lipinski definition) is 2. The molecule has 2 N–H and O–H groups in total. The maximum Gasteiger partial charge on any atom is 0.225 e. The van der Waals surface area contributed by atoms with Gasteiger partial charge in [-0.25, -0.2) is 15.0 Å². The standard InChI is InChI=1S/C20H23N7O/c1-14-23-18(26-25-14)17(15-7-3-2-4-8-15)24-19(28)16-9-5-12-27(13-16)20-21-10-6-11-22-20/h2-4,6-8,10-11,16-17H,5,9,12-13H2,1H3,(H,24,28)(H,23,25,26). The number of rotatable bonds is 5. The second kappa shape index (κ2) is 8.16. The van der Waals surface area contributed by atoms with Gasteiger partial charge in [0.1, 0.15) is 11.9 Å². The highest BCUT2D eigenvalue weighted by atomic mass is 16.2. The van der Waals surface area contributed by atoms with E-state index in [0.717, 1.165) is 30.8 Å². The number of aromatic amines is 1. The molecule has 0 bridgehead atoms. The Bertz CT molecular complexity index is 913. The van der Waals surface area contributed by atoms with Gasteiger partial charge in [-0.05, 0) is 31.4 Å². The minimum Gasteiger partial charge on any atom is -0.342 e. The van der Waals surface area contributed by atoms with Crippen molar-refractivity contribution < 1.29 is 4.79 Å². The number of anilines is 1. The molecule has 28 heavy (non-hydrogen) atoms. The van der Waals surface area contributed by atoms with Crippen molar-refractivity contribution in [2.75, 3.05) is 18.0 Å². The minimum absolute atomic E-state index is 0.00284. The van der Waals surface area contributed by atoms with Crippen LogP contribution in [0.5, 0.6) is 0 Å². The Morgan fingerprint density at radius 2 is 2.00 bits per heavy atom. The van der Waals surface area contributed by atoms with Gasteiger partial charge in [-0.1, -0.05) is 30.3 Å². The first-order chi connectivity index (χ1) is 13.7. The Morgan fingerprint density at radius 1 is 1.21 bits per heavy atom. The first-order valence-corrected chi connectivity index (χ1v) is 9.47. The highest BCUT2D eigenvalue weighted by molar-refractivity contribution is 5.80. The maximum atomic E-state index is 13.1. The summed E-state index contributed by atoms with van der Waals surface area (Å²) in [6, 6.07) is 11.2. The van der Waals surface area contributed by atoms with Gasteiger partial charge >= 0.3 is 0 Å². The Labute approximate surface area is 163 Å². The molecule has 0 radical (unpaired) electrons. The summed E-state index contributed by atoms with van der Waals surface area (Å²) < 4.78 is 0. The molecule has 8 heteroatoms. The molecule has 2 aromatic heterocycles. The SMILES string of the molecule is Cc1nc(C(NC(=O)C2CCCN(c3ncccn3)C2)c2ccccc2)n[nH]1. The maximum absolute atomic E-state index is 13.1. The van der Waals surface area contributed by atoms with Crippen LogP contribution in [-0.4, -0.2) is 44.1 Å². The smallest absolute Gasteiger partial charge is 0.225 e. The summed E-state index contributed by atoms with van der Waals surface area (Å²) in [5, 5.41) is 10.3. The number of nitrogens with one attached hydrogen (secondary N) is 2. The fraction of sp³-hybridized carbons (Fsp3) is 0.350. The molecule has 1 fully saturated rings. The van der Waals surface area contributed by atoms with Gasteiger partial charge in [-0.2, -0.15) is 5.10 Å². The van der Waals surface area contributed by atoms with Gasteiger partial charge in [0, 0.05) is 25.5 Å². The van der Waals surface area contributed by atoms with E-state index in [1.165, 1.54) is 0 Å². The molecular formula is C20H23N7O. The van der Waals surface area contributed by atoms with Crippen molar-refractivity contribution in [1.29, 1.82) is 0 Å². The van der Waals surface area contributed by atoms with Crippen LogP contribution in [0.4, 0.5) is 5.95 Å². The second-order valence-corrected chi connectivity index (χ2v) is 6.97. The average Bonchev–Trinajstić information content (AvgIpc) is 3.19. The monoisotopic (exact) mass is 377 g/mol. The molecule has 1 aromatic carbocycles. The van der Waals surface area contributed by atoms with Crippen LogP contribution in [0.15, 0.2) is 48.8 Å². The predicted octanol–water partition coefficient (Wildman–Crippen LogP) is 2.03. The number of amides is 1. The van der Waals surface area contributed by atoms with Crippen molar-refractivity contribution in [2.45, 2.75) is 25.8 Å². The molecule has 0 aliphatic carbocycles. The summed E-state index contributed by atoms with van der Waals surface area (Å²) in [5.74, 6) is 1.82. The Kier molecular flexibility index (Phi) is 5.27. The highest BCUT2D eigenvalue weighted by Crippen LogP contribution is 2.23. The lowest BCUT2D eigenvalue weighted by atomic mass is 9.96. The normalized spacial score (nSPS) is 17.9. The molecule has 1 saturated heterocycles. The van der Waals surface area contributed by atoms with Crippen molar-refractivity contribution in [2.24, 2.45) is 5.92 Å². The summed E-state index contributed by atoms with van der Waals surface area (Å²) >= 11 is 0. The number of nitrogens with zero attached hydrogens (tertiary/aromatic N) is 5. The number of benzene rings is 1. The topological polar surface area (TPSA) is 99.7 Å². The zero-order valence-electron chi connectivity index (χ0n) is 15.7. The first-order valence-electron chi connectivity index (χ1n) is 9.47. The summed E-state index contributed by atoms with van der Waals surface area (Å²) in [6.45, 7) is 3.31. The lowest BCUT2D eigenvalue weighted by Gasteiger charge is -2.32. The number of piperidine rings is 1. The van der Waals surface area contributed by atoms with E-state index in [1.54, 1.807) is 18.5 Å². The molecule has 1 aliphatic rings. The van der Waals surface area contributed by atoms with E-state index < -0.39 is 0 Å².